The highest BCUT2D eigenvalue weighted by Crippen LogP contribution is 2.21. The molecule has 88 valence electrons. The number of rotatable bonds is 4. The Morgan fingerprint density at radius 1 is 1.24 bits per heavy atom. The van der Waals surface area contributed by atoms with Gasteiger partial charge in [-0.15, -0.1) is 0 Å². The lowest BCUT2D eigenvalue weighted by molar-refractivity contribution is 0.0691. The standard InChI is InChI=1S/C12H12N2O3/c15-11-4-2-1-3-9(11)13-7-8-5-6-10(14-8)12(16)17/h1-6,13-15H,7H2,(H,16,17). The van der Waals surface area contributed by atoms with Crippen molar-refractivity contribution in [3.63, 3.8) is 0 Å². The Labute approximate surface area is 97.7 Å². The number of nitrogens with one attached hydrogen (secondary N) is 2. The molecule has 0 bridgehead atoms. The van der Waals surface area contributed by atoms with E-state index in [0.717, 1.165) is 5.69 Å². The quantitative estimate of drug-likeness (QED) is 0.607. The number of aromatic nitrogens is 1. The van der Waals surface area contributed by atoms with Gasteiger partial charge in [0.05, 0.1) is 12.2 Å². The molecule has 0 aliphatic rings. The Morgan fingerprint density at radius 2 is 2.00 bits per heavy atom. The van der Waals surface area contributed by atoms with Crippen molar-refractivity contribution in [1.82, 2.24) is 4.98 Å². The van der Waals surface area contributed by atoms with Crippen molar-refractivity contribution < 1.29 is 15.0 Å². The second kappa shape index (κ2) is 4.61. The van der Waals surface area contributed by atoms with E-state index < -0.39 is 5.97 Å². The van der Waals surface area contributed by atoms with Gasteiger partial charge in [-0.1, -0.05) is 12.1 Å². The largest absolute Gasteiger partial charge is 0.506 e. The van der Waals surface area contributed by atoms with Crippen LogP contribution in [0, 0.1) is 0 Å². The SMILES string of the molecule is O=C(O)c1ccc(CNc2ccccc2O)[nH]1. The molecule has 4 N–H and O–H groups in total. The van der Waals surface area contributed by atoms with E-state index >= 15 is 0 Å². The van der Waals surface area contributed by atoms with Gasteiger partial charge < -0.3 is 20.5 Å². The number of phenols is 1. The smallest absolute Gasteiger partial charge is 0.352 e. The van der Waals surface area contributed by atoms with Gasteiger partial charge in [0.25, 0.3) is 0 Å². The van der Waals surface area contributed by atoms with E-state index in [1.807, 2.05) is 0 Å². The number of anilines is 1. The van der Waals surface area contributed by atoms with Crippen molar-refractivity contribution in [1.29, 1.82) is 0 Å². The van der Waals surface area contributed by atoms with Crippen LogP contribution in [0.25, 0.3) is 0 Å². The summed E-state index contributed by atoms with van der Waals surface area (Å²) in [6.45, 7) is 0.421. The maximum atomic E-state index is 10.7. The van der Waals surface area contributed by atoms with Crippen LogP contribution < -0.4 is 5.32 Å². The van der Waals surface area contributed by atoms with E-state index in [1.165, 1.54) is 6.07 Å². The highest BCUT2D eigenvalue weighted by molar-refractivity contribution is 5.85. The maximum Gasteiger partial charge on any atom is 0.352 e. The van der Waals surface area contributed by atoms with Crippen LogP contribution in [0.2, 0.25) is 0 Å². The van der Waals surface area contributed by atoms with E-state index in [2.05, 4.69) is 10.3 Å². The summed E-state index contributed by atoms with van der Waals surface area (Å²) in [6.07, 6.45) is 0. The second-order valence-electron chi connectivity index (χ2n) is 3.57. The zero-order valence-electron chi connectivity index (χ0n) is 8.97. The average molecular weight is 232 g/mol. The summed E-state index contributed by atoms with van der Waals surface area (Å²) in [5, 5.41) is 21.3. The van der Waals surface area contributed by atoms with Gasteiger partial charge in [-0.05, 0) is 24.3 Å². The minimum atomic E-state index is -0.987. The summed E-state index contributed by atoms with van der Waals surface area (Å²) in [5.74, 6) is -0.823. The topological polar surface area (TPSA) is 85.3 Å². The Morgan fingerprint density at radius 3 is 2.65 bits per heavy atom. The predicted octanol–water partition coefficient (Wildman–Crippen LogP) is 2.03. The molecule has 5 heteroatoms. The molecular formula is C12H12N2O3. The molecule has 0 unspecified atom stereocenters. The first-order valence-electron chi connectivity index (χ1n) is 5.10. The minimum Gasteiger partial charge on any atom is -0.506 e. The third-order valence-electron chi connectivity index (χ3n) is 2.35. The van der Waals surface area contributed by atoms with Gasteiger partial charge in [0.2, 0.25) is 0 Å². The van der Waals surface area contributed by atoms with E-state index in [1.54, 1.807) is 30.3 Å². The molecule has 2 rings (SSSR count). The monoisotopic (exact) mass is 232 g/mol. The Balaban J connectivity index is 2.02. The number of aromatic amines is 1. The number of hydrogen-bond donors (Lipinski definition) is 4. The van der Waals surface area contributed by atoms with E-state index in [0.29, 0.717) is 12.2 Å². The molecule has 0 spiro atoms. The third kappa shape index (κ3) is 2.57. The molecule has 17 heavy (non-hydrogen) atoms. The molecular weight excluding hydrogens is 220 g/mol. The lowest BCUT2D eigenvalue weighted by Crippen LogP contribution is -2.01. The normalized spacial score (nSPS) is 10.1. The third-order valence-corrected chi connectivity index (χ3v) is 2.35. The molecule has 0 fully saturated rings. The number of carboxylic acid groups (broad SMARTS) is 1. The molecule has 1 aromatic heterocycles. The van der Waals surface area contributed by atoms with Gasteiger partial charge in [-0.3, -0.25) is 0 Å². The highest BCUT2D eigenvalue weighted by Gasteiger charge is 2.05. The minimum absolute atomic E-state index is 0.152. The summed E-state index contributed by atoms with van der Waals surface area (Å²) in [5.41, 5.74) is 1.50. The fourth-order valence-corrected chi connectivity index (χ4v) is 1.48. The van der Waals surface area contributed by atoms with Crippen molar-refractivity contribution >= 4 is 11.7 Å². The zero-order valence-corrected chi connectivity index (χ0v) is 8.97. The van der Waals surface area contributed by atoms with Crippen LogP contribution in [0.5, 0.6) is 5.75 Å². The lowest BCUT2D eigenvalue weighted by atomic mass is 10.3. The van der Waals surface area contributed by atoms with Crippen LogP contribution in [-0.2, 0) is 6.54 Å². The number of para-hydroxylation sites is 2. The Kier molecular flexibility index (Phi) is 3.00. The predicted molar refractivity (Wildman–Crippen MR) is 63.2 cm³/mol. The average Bonchev–Trinajstić information content (AvgIpc) is 2.77. The van der Waals surface area contributed by atoms with Gasteiger partial charge in [-0.2, -0.15) is 0 Å². The molecule has 0 aliphatic carbocycles. The van der Waals surface area contributed by atoms with Crippen molar-refractivity contribution in [2.24, 2.45) is 0 Å². The first kappa shape index (κ1) is 11.1. The molecule has 0 radical (unpaired) electrons. The maximum absolute atomic E-state index is 10.7. The zero-order chi connectivity index (χ0) is 12.3. The number of carbonyl (C=O) groups is 1. The molecule has 0 saturated heterocycles. The number of phenolic OH excluding ortho intramolecular Hbond substituents is 1. The number of aromatic carboxylic acids is 1. The molecule has 0 aliphatic heterocycles. The van der Waals surface area contributed by atoms with E-state index in [-0.39, 0.29) is 11.4 Å². The fraction of sp³-hybridized carbons (Fsp3) is 0.0833. The van der Waals surface area contributed by atoms with Crippen LogP contribution in [0.4, 0.5) is 5.69 Å². The molecule has 0 amide bonds. The summed E-state index contributed by atoms with van der Waals surface area (Å²) >= 11 is 0. The van der Waals surface area contributed by atoms with Crippen LogP contribution >= 0.6 is 0 Å². The number of benzene rings is 1. The molecule has 0 atom stereocenters. The fourth-order valence-electron chi connectivity index (χ4n) is 1.48. The van der Waals surface area contributed by atoms with Crippen molar-refractivity contribution in [2.45, 2.75) is 6.54 Å². The molecule has 1 aromatic carbocycles. The molecule has 5 nitrogen and oxygen atoms in total. The highest BCUT2D eigenvalue weighted by atomic mass is 16.4. The number of aromatic hydroxyl groups is 1. The van der Waals surface area contributed by atoms with Crippen LogP contribution in [-0.4, -0.2) is 21.2 Å². The van der Waals surface area contributed by atoms with Gasteiger partial charge in [0.15, 0.2) is 0 Å². The molecule has 2 aromatic rings. The first-order valence-corrected chi connectivity index (χ1v) is 5.10. The van der Waals surface area contributed by atoms with Crippen molar-refractivity contribution in [2.75, 3.05) is 5.32 Å². The van der Waals surface area contributed by atoms with Gasteiger partial charge in [0, 0.05) is 5.69 Å². The summed E-state index contributed by atoms with van der Waals surface area (Å²) in [4.78, 5) is 13.4. The van der Waals surface area contributed by atoms with E-state index in [4.69, 9.17) is 5.11 Å². The Bertz CT molecular complexity index is 534. The summed E-state index contributed by atoms with van der Waals surface area (Å²) < 4.78 is 0. The van der Waals surface area contributed by atoms with Crippen LogP contribution in [0.15, 0.2) is 36.4 Å². The number of H-pyrrole nitrogens is 1. The summed E-state index contributed by atoms with van der Waals surface area (Å²) in [7, 11) is 0. The Hall–Kier alpha value is -2.43. The number of hydrogen-bond acceptors (Lipinski definition) is 3. The van der Waals surface area contributed by atoms with Crippen LogP contribution in [0.3, 0.4) is 0 Å². The van der Waals surface area contributed by atoms with Gasteiger partial charge in [-0.25, -0.2) is 4.79 Å². The van der Waals surface area contributed by atoms with Crippen molar-refractivity contribution in [3.05, 3.63) is 47.8 Å². The van der Waals surface area contributed by atoms with Gasteiger partial charge >= 0.3 is 5.97 Å². The molecule has 1 heterocycles. The second-order valence-corrected chi connectivity index (χ2v) is 3.57. The van der Waals surface area contributed by atoms with Crippen molar-refractivity contribution in [3.8, 4) is 5.75 Å². The number of carboxylic acids is 1. The first-order chi connectivity index (χ1) is 8.16. The van der Waals surface area contributed by atoms with E-state index in [9.17, 15) is 9.90 Å². The molecule has 0 saturated carbocycles. The summed E-state index contributed by atoms with van der Waals surface area (Å²) in [6, 6.07) is 10.1. The van der Waals surface area contributed by atoms with Gasteiger partial charge in [0.1, 0.15) is 11.4 Å². The lowest BCUT2D eigenvalue weighted by Gasteiger charge is -2.06. The van der Waals surface area contributed by atoms with Crippen LogP contribution in [0.1, 0.15) is 16.2 Å².